The molecular formula is C23H32N6O3. The maximum Gasteiger partial charge on any atom is 0.254 e. The molecule has 9 nitrogen and oxygen atoms in total. The zero-order chi connectivity index (χ0) is 22.6. The number of primary amides is 1. The van der Waals surface area contributed by atoms with E-state index in [-0.39, 0.29) is 5.56 Å². The zero-order valence-corrected chi connectivity index (χ0v) is 18.7. The highest BCUT2D eigenvalue weighted by atomic mass is 16.5. The van der Waals surface area contributed by atoms with Gasteiger partial charge in [-0.1, -0.05) is 19.8 Å². The molecule has 32 heavy (non-hydrogen) atoms. The molecular weight excluding hydrogens is 408 g/mol. The Morgan fingerprint density at radius 3 is 2.97 bits per heavy atom. The number of nitrogens with zero attached hydrogens (tertiary/aromatic N) is 2. The van der Waals surface area contributed by atoms with Gasteiger partial charge in [-0.2, -0.15) is 4.98 Å². The van der Waals surface area contributed by atoms with Crippen molar-refractivity contribution in [1.29, 1.82) is 0 Å². The molecule has 0 radical (unpaired) electrons. The highest BCUT2D eigenvalue weighted by Gasteiger charge is 2.30. The molecule has 1 aliphatic carbocycles. The summed E-state index contributed by atoms with van der Waals surface area (Å²) < 4.78 is 12.2. The van der Waals surface area contributed by atoms with Crippen molar-refractivity contribution in [3.63, 3.8) is 0 Å². The first-order valence-corrected chi connectivity index (χ1v) is 11.3. The molecule has 1 atom stereocenters. The van der Waals surface area contributed by atoms with E-state index >= 15 is 0 Å². The Morgan fingerprint density at radius 1 is 1.38 bits per heavy atom. The minimum Gasteiger partial charge on any atom is -0.488 e. The molecule has 2 aromatic rings. The summed E-state index contributed by atoms with van der Waals surface area (Å²) in [5.41, 5.74) is 7.04. The van der Waals surface area contributed by atoms with Crippen molar-refractivity contribution in [2.75, 3.05) is 35.7 Å². The number of fused-ring (bicyclic) bond motifs is 1. The molecule has 0 unspecified atom stereocenters. The third kappa shape index (κ3) is 5.59. The average Bonchev–Trinajstić information content (AvgIpc) is 3.60. The first-order chi connectivity index (χ1) is 15.5. The Bertz CT molecular complexity index is 965. The molecule has 1 fully saturated rings. The monoisotopic (exact) mass is 440 g/mol. The molecule has 2 aliphatic rings. The fourth-order valence-electron chi connectivity index (χ4n) is 3.48. The topological polar surface area (TPSA) is 123 Å². The second-order valence-corrected chi connectivity index (χ2v) is 8.72. The van der Waals surface area contributed by atoms with E-state index in [1.807, 2.05) is 18.2 Å². The van der Waals surface area contributed by atoms with Gasteiger partial charge in [-0.05, 0) is 44.4 Å². The van der Waals surface area contributed by atoms with Crippen molar-refractivity contribution in [1.82, 2.24) is 9.97 Å². The number of hydrogen-bond acceptors (Lipinski definition) is 8. The van der Waals surface area contributed by atoms with Crippen LogP contribution >= 0.6 is 0 Å². The first kappa shape index (κ1) is 22.1. The maximum absolute atomic E-state index is 11.7. The molecule has 1 saturated carbocycles. The number of nitrogens with two attached hydrogens (primary N) is 1. The van der Waals surface area contributed by atoms with E-state index in [0.717, 1.165) is 43.0 Å². The summed E-state index contributed by atoms with van der Waals surface area (Å²) in [7, 11) is 0. The fourth-order valence-corrected chi connectivity index (χ4v) is 3.48. The third-order valence-electron chi connectivity index (χ3n) is 5.59. The van der Waals surface area contributed by atoms with Gasteiger partial charge in [0.05, 0.1) is 11.3 Å². The lowest BCUT2D eigenvalue weighted by Gasteiger charge is -2.27. The number of benzene rings is 1. The number of ether oxygens (including phenoxy) is 2. The van der Waals surface area contributed by atoms with Gasteiger partial charge in [0.2, 0.25) is 5.95 Å². The van der Waals surface area contributed by atoms with Crippen LogP contribution < -0.4 is 26.4 Å². The van der Waals surface area contributed by atoms with Crippen LogP contribution in [0.5, 0.6) is 5.75 Å². The largest absolute Gasteiger partial charge is 0.488 e. The molecule has 0 saturated heterocycles. The zero-order valence-electron chi connectivity index (χ0n) is 18.7. The van der Waals surface area contributed by atoms with Crippen LogP contribution in [0.4, 0.5) is 23.1 Å². The predicted molar refractivity (Wildman–Crippen MR) is 125 cm³/mol. The molecule has 1 amide bonds. The van der Waals surface area contributed by atoms with Gasteiger partial charge in [0.1, 0.15) is 23.8 Å². The highest BCUT2D eigenvalue weighted by molar-refractivity contribution is 5.97. The second-order valence-electron chi connectivity index (χ2n) is 8.72. The first-order valence-electron chi connectivity index (χ1n) is 11.3. The number of rotatable bonds is 10. The van der Waals surface area contributed by atoms with E-state index < -0.39 is 11.5 Å². The van der Waals surface area contributed by atoms with E-state index in [4.69, 9.17) is 15.2 Å². The normalized spacial score (nSPS) is 19.8. The molecule has 1 aromatic heterocycles. The average molecular weight is 441 g/mol. The van der Waals surface area contributed by atoms with Crippen LogP contribution in [0.15, 0.2) is 24.4 Å². The number of hydrogen-bond donors (Lipinski definition) is 4. The van der Waals surface area contributed by atoms with Crippen molar-refractivity contribution in [2.45, 2.75) is 57.6 Å². The summed E-state index contributed by atoms with van der Waals surface area (Å²) in [4.78, 5) is 20.4. The smallest absolute Gasteiger partial charge is 0.254 e. The van der Waals surface area contributed by atoms with Gasteiger partial charge in [0.15, 0.2) is 0 Å². The Hall–Kier alpha value is -3.07. The highest BCUT2D eigenvalue weighted by Crippen LogP contribution is 2.33. The van der Waals surface area contributed by atoms with E-state index in [1.165, 1.54) is 19.0 Å². The standard InChI is InChI=1S/C23H32N6O3/c1-3-4-5-10-32-23(2)13-26-18-11-16(8-9-19(18)31-14-23)28-22-25-12-17(20(24)30)21(29-22)27-15-6-7-15/h8-9,11-12,15,26H,3-7,10,13-14H2,1-2H3,(H2,24,30)(H2,25,27,28,29)/t23-/m1/s1. The molecule has 4 rings (SSSR count). The fraction of sp³-hybridized carbons (Fsp3) is 0.522. The second kappa shape index (κ2) is 9.60. The Balaban J connectivity index is 1.43. The lowest BCUT2D eigenvalue weighted by Crippen LogP contribution is -2.41. The summed E-state index contributed by atoms with van der Waals surface area (Å²) >= 11 is 0. The number of aromatic nitrogens is 2. The quantitative estimate of drug-likeness (QED) is 0.413. The number of carbonyl (C=O) groups is 1. The van der Waals surface area contributed by atoms with Crippen molar-refractivity contribution < 1.29 is 14.3 Å². The van der Waals surface area contributed by atoms with Gasteiger partial charge < -0.3 is 31.2 Å². The van der Waals surface area contributed by atoms with Crippen molar-refractivity contribution in [3.05, 3.63) is 30.0 Å². The Labute approximate surface area is 188 Å². The number of carbonyl (C=O) groups excluding carboxylic acids is 1. The van der Waals surface area contributed by atoms with Gasteiger partial charge in [0.25, 0.3) is 5.91 Å². The van der Waals surface area contributed by atoms with Crippen LogP contribution in [0, 0.1) is 0 Å². The van der Waals surface area contributed by atoms with Gasteiger partial charge >= 0.3 is 0 Å². The lowest BCUT2D eigenvalue weighted by molar-refractivity contribution is -0.0494. The van der Waals surface area contributed by atoms with Crippen LogP contribution in [0.25, 0.3) is 0 Å². The molecule has 9 heteroatoms. The van der Waals surface area contributed by atoms with Crippen LogP contribution in [-0.4, -0.2) is 47.3 Å². The summed E-state index contributed by atoms with van der Waals surface area (Å²) in [5.74, 6) is 1.07. The molecule has 2 heterocycles. The SMILES string of the molecule is CCCCCO[C@]1(C)CNc2cc(Nc3ncc(C(N)=O)c(NC4CC4)n3)ccc2OC1. The summed E-state index contributed by atoms with van der Waals surface area (Å²) in [6, 6.07) is 6.11. The minimum absolute atomic E-state index is 0.290. The van der Waals surface area contributed by atoms with Gasteiger partial charge in [0, 0.05) is 31.1 Å². The van der Waals surface area contributed by atoms with Crippen LogP contribution in [0.2, 0.25) is 0 Å². The molecule has 0 spiro atoms. The van der Waals surface area contributed by atoms with Crippen LogP contribution in [0.1, 0.15) is 56.3 Å². The summed E-state index contributed by atoms with van der Waals surface area (Å²) in [5, 5.41) is 9.90. The number of amides is 1. The van der Waals surface area contributed by atoms with Gasteiger partial charge in [-0.3, -0.25) is 4.79 Å². The van der Waals surface area contributed by atoms with Gasteiger partial charge in [-0.25, -0.2) is 4.98 Å². The van der Waals surface area contributed by atoms with Crippen LogP contribution in [0.3, 0.4) is 0 Å². The van der Waals surface area contributed by atoms with Crippen molar-refractivity contribution in [2.24, 2.45) is 5.73 Å². The van der Waals surface area contributed by atoms with Crippen molar-refractivity contribution >= 4 is 29.0 Å². The number of anilines is 4. The maximum atomic E-state index is 11.7. The minimum atomic E-state index is -0.550. The van der Waals surface area contributed by atoms with Gasteiger partial charge in [-0.15, -0.1) is 0 Å². The molecule has 0 bridgehead atoms. The van der Waals surface area contributed by atoms with Crippen molar-refractivity contribution in [3.8, 4) is 5.75 Å². The Kier molecular flexibility index (Phi) is 6.64. The molecule has 1 aliphatic heterocycles. The predicted octanol–water partition coefficient (Wildman–Crippen LogP) is 3.66. The Morgan fingerprint density at radius 2 is 2.22 bits per heavy atom. The van der Waals surface area contributed by atoms with E-state index in [2.05, 4.69) is 39.8 Å². The van der Waals surface area contributed by atoms with Crippen LogP contribution in [-0.2, 0) is 4.74 Å². The van der Waals surface area contributed by atoms with E-state index in [9.17, 15) is 4.79 Å². The summed E-state index contributed by atoms with van der Waals surface area (Å²) in [6.45, 7) is 6.12. The number of nitrogens with one attached hydrogen (secondary N) is 3. The summed E-state index contributed by atoms with van der Waals surface area (Å²) in [6.07, 6.45) is 6.96. The molecule has 172 valence electrons. The number of unbranched alkanes of at least 4 members (excludes halogenated alkanes) is 2. The molecule has 1 aromatic carbocycles. The molecule has 5 N–H and O–H groups in total. The third-order valence-corrected chi connectivity index (χ3v) is 5.59. The van der Waals surface area contributed by atoms with E-state index in [0.29, 0.717) is 31.0 Å². The van der Waals surface area contributed by atoms with E-state index in [1.54, 1.807) is 0 Å². The lowest BCUT2D eigenvalue weighted by atomic mass is 10.1.